The van der Waals surface area contributed by atoms with Crippen LogP contribution in [-0.4, -0.2) is 30.7 Å². The quantitative estimate of drug-likeness (QED) is 0.447. The molecule has 0 atom stereocenters. The summed E-state index contributed by atoms with van der Waals surface area (Å²) in [6.07, 6.45) is -0.389. The molecule has 3 aromatic carbocycles. The first kappa shape index (κ1) is 23.3. The van der Waals surface area contributed by atoms with E-state index in [0.717, 1.165) is 22.3 Å². The van der Waals surface area contributed by atoms with Gasteiger partial charge in [-0.05, 0) is 47.4 Å². The number of hydrogen-bond acceptors (Lipinski definition) is 5. The van der Waals surface area contributed by atoms with E-state index in [-0.39, 0.29) is 37.9 Å². The van der Waals surface area contributed by atoms with Gasteiger partial charge in [0, 0.05) is 11.1 Å². The fourth-order valence-electron chi connectivity index (χ4n) is 4.10. The monoisotopic (exact) mass is 463 g/mol. The van der Waals surface area contributed by atoms with Gasteiger partial charge in [0.15, 0.2) is 0 Å². The average Bonchev–Trinajstić information content (AvgIpc) is 3.30. The molecule has 0 radical (unpaired) electrons. The predicted molar refractivity (Wildman–Crippen MR) is 125 cm³/mol. The Labute approximate surface area is 197 Å². The number of esters is 1. The third-order valence-corrected chi connectivity index (χ3v) is 5.74. The van der Waals surface area contributed by atoms with Crippen LogP contribution in [0, 0.1) is 5.82 Å². The Kier molecular flexibility index (Phi) is 7.11. The molecule has 176 valence electrons. The number of amides is 1. The fourth-order valence-corrected chi connectivity index (χ4v) is 4.10. The third kappa shape index (κ3) is 5.03. The highest BCUT2D eigenvalue weighted by Crippen LogP contribution is 2.39. The molecular weight excluding hydrogens is 437 g/mol. The number of fused-ring (bicyclic) bond motifs is 1. The summed E-state index contributed by atoms with van der Waals surface area (Å²) in [6, 6.07) is 17.9. The number of carbonyl (C=O) groups excluding carboxylic acids is 2. The van der Waals surface area contributed by atoms with E-state index in [0.29, 0.717) is 23.5 Å². The van der Waals surface area contributed by atoms with E-state index in [4.69, 9.17) is 14.2 Å². The second-order valence-corrected chi connectivity index (χ2v) is 7.96. The van der Waals surface area contributed by atoms with Crippen molar-refractivity contribution in [2.24, 2.45) is 0 Å². The number of nitrogens with zero attached hydrogens (tertiary/aromatic N) is 1. The van der Waals surface area contributed by atoms with Crippen molar-refractivity contribution in [3.8, 4) is 16.9 Å². The topological polar surface area (TPSA) is 65.1 Å². The van der Waals surface area contributed by atoms with E-state index in [1.54, 1.807) is 32.2 Å². The molecule has 3 aromatic rings. The van der Waals surface area contributed by atoms with Crippen LogP contribution >= 0.6 is 0 Å². The van der Waals surface area contributed by atoms with Crippen LogP contribution in [0.25, 0.3) is 11.1 Å². The summed E-state index contributed by atoms with van der Waals surface area (Å²) in [5.74, 6) is -0.111. The Morgan fingerprint density at radius 3 is 2.41 bits per heavy atom. The molecule has 0 bridgehead atoms. The molecule has 4 rings (SSSR count). The Balaban J connectivity index is 1.59. The van der Waals surface area contributed by atoms with Crippen molar-refractivity contribution in [1.29, 1.82) is 0 Å². The van der Waals surface area contributed by atoms with Crippen molar-refractivity contribution in [3.63, 3.8) is 0 Å². The van der Waals surface area contributed by atoms with Gasteiger partial charge < -0.3 is 14.2 Å². The predicted octanol–water partition coefficient (Wildman–Crippen LogP) is 5.26. The summed E-state index contributed by atoms with van der Waals surface area (Å²) < 4.78 is 30.8. The lowest BCUT2D eigenvalue weighted by atomic mass is 9.94. The second-order valence-electron chi connectivity index (χ2n) is 7.96. The van der Waals surface area contributed by atoms with Gasteiger partial charge >= 0.3 is 12.1 Å². The minimum Gasteiger partial charge on any atom is -0.496 e. The molecule has 1 aliphatic rings. The molecule has 7 heteroatoms. The molecular formula is C27H26FNO5. The average molecular weight is 464 g/mol. The minimum absolute atomic E-state index is 0.117. The minimum atomic E-state index is -0.506. The molecule has 0 aliphatic carbocycles. The summed E-state index contributed by atoms with van der Waals surface area (Å²) in [4.78, 5) is 26.2. The van der Waals surface area contributed by atoms with E-state index < -0.39 is 6.09 Å². The first-order chi connectivity index (χ1) is 16.5. The number of ether oxygens (including phenoxy) is 3. The van der Waals surface area contributed by atoms with Crippen LogP contribution in [0.4, 0.5) is 9.18 Å². The third-order valence-electron chi connectivity index (χ3n) is 5.74. The molecule has 0 fully saturated rings. The zero-order valence-electron chi connectivity index (χ0n) is 19.2. The smallest absolute Gasteiger partial charge is 0.410 e. The summed E-state index contributed by atoms with van der Waals surface area (Å²) in [7, 11) is 1.56. The zero-order chi connectivity index (χ0) is 24.1. The second kappa shape index (κ2) is 10.4. The van der Waals surface area contributed by atoms with Crippen LogP contribution in [-0.2, 0) is 40.4 Å². The van der Waals surface area contributed by atoms with Gasteiger partial charge in [0.2, 0.25) is 0 Å². The van der Waals surface area contributed by atoms with Gasteiger partial charge in [-0.1, -0.05) is 42.5 Å². The lowest BCUT2D eigenvalue weighted by Crippen LogP contribution is -2.26. The zero-order valence-corrected chi connectivity index (χ0v) is 19.2. The Bertz CT molecular complexity index is 1200. The van der Waals surface area contributed by atoms with E-state index in [9.17, 15) is 14.0 Å². The standard InChI is InChI=1S/C27H26FNO5/c1-3-33-26(30)14-19-9-12-25(32-2)21(13-19)20-10-11-24(28)23-16-29(15-22(20)23)27(31)34-17-18-7-5-4-6-8-18/h4-13H,3,14-17H2,1-2H3. The fraction of sp³-hybridized carbons (Fsp3) is 0.259. The summed E-state index contributed by atoms with van der Waals surface area (Å²) in [5, 5.41) is 0. The van der Waals surface area contributed by atoms with Crippen molar-refractivity contribution in [2.75, 3.05) is 13.7 Å². The molecule has 1 heterocycles. The number of rotatable bonds is 7. The van der Waals surface area contributed by atoms with Gasteiger partial charge in [0.25, 0.3) is 0 Å². The Morgan fingerprint density at radius 1 is 0.912 bits per heavy atom. The number of benzene rings is 3. The van der Waals surface area contributed by atoms with Gasteiger partial charge in [0.1, 0.15) is 18.2 Å². The number of methoxy groups -OCH3 is 1. The van der Waals surface area contributed by atoms with Crippen molar-refractivity contribution in [2.45, 2.75) is 33.0 Å². The SMILES string of the molecule is CCOC(=O)Cc1ccc(OC)c(-c2ccc(F)c3c2CN(C(=O)OCc2ccccc2)C3)c1. The number of carbonyl (C=O) groups is 2. The lowest BCUT2D eigenvalue weighted by molar-refractivity contribution is -0.142. The molecule has 0 unspecified atom stereocenters. The first-order valence-corrected chi connectivity index (χ1v) is 11.1. The molecule has 0 aromatic heterocycles. The van der Waals surface area contributed by atoms with Crippen molar-refractivity contribution in [1.82, 2.24) is 4.90 Å². The summed E-state index contributed by atoms with van der Waals surface area (Å²) in [6.45, 7) is 2.54. The van der Waals surface area contributed by atoms with E-state index in [1.165, 1.54) is 11.0 Å². The van der Waals surface area contributed by atoms with Gasteiger partial charge in [-0.15, -0.1) is 0 Å². The van der Waals surface area contributed by atoms with E-state index in [1.807, 2.05) is 36.4 Å². The van der Waals surface area contributed by atoms with Gasteiger partial charge in [-0.3, -0.25) is 9.69 Å². The maximum absolute atomic E-state index is 14.7. The molecule has 0 spiro atoms. The largest absolute Gasteiger partial charge is 0.496 e. The first-order valence-electron chi connectivity index (χ1n) is 11.1. The Morgan fingerprint density at radius 2 is 1.68 bits per heavy atom. The number of hydrogen-bond donors (Lipinski definition) is 0. The van der Waals surface area contributed by atoms with Crippen LogP contribution in [0.3, 0.4) is 0 Å². The van der Waals surface area contributed by atoms with Crippen molar-refractivity contribution >= 4 is 12.1 Å². The molecule has 0 saturated carbocycles. The highest BCUT2D eigenvalue weighted by Gasteiger charge is 2.30. The lowest BCUT2D eigenvalue weighted by Gasteiger charge is -2.16. The molecule has 1 aliphatic heterocycles. The highest BCUT2D eigenvalue weighted by atomic mass is 19.1. The Hall–Kier alpha value is -3.87. The van der Waals surface area contributed by atoms with Crippen LogP contribution < -0.4 is 4.74 Å². The van der Waals surface area contributed by atoms with Crippen molar-refractivity contribution in [3.05, 3.63) is 88.7 Å². The number of halogens is 1. The van der Waals surface area contributed by atoms with Crippen LogP contribution in [0.5, 0.6) is 5.75 Å². The molecule has 1 amide bonds. The van der Waals surface area contributed by atoms with Gasteiger partial charge in [-0.2, -0.15) is 0 Å². The molecule has 6 nitrogen and oxygen atoms in total. The van der Waals surface area contributed by atoms with Crippen LogP contribution in [0.2, 0.25) is 0 Å². The normalized spacial score (nSPS) is 12.3. The molecule has 0 N–H and O–H groups in total. The summed E-state index contributed by atoms with van der Waals surface area (Å²) >= 11 is 0. The van der Waals surface area contributed by atoms with Crippen LogP contribution in [0.15, 0.2) is 60.7 Å². The molecule has 0 saturated heterocycles. The highest BCUT2D eigenvalue weighted by molar-refractivity contribution is 5.79. The van der Waals surface area contributed by atoms with Crippen LogP contribution in [0.1, 0.15) is 29.2 Å². The molecule has 34 heavy (non-hydrogen) atoms. The van der Waals surface area contributed by atoms with E-state index in [2.05, 4.69) is 0 Å². The summed E-state index contributed by atoms with van der Waals surface area (Å²) in [5.41, 5.74) is 4.25. The van der Waals surface area contributed by atoms with Gasteiger partial charge in [-0.25, -0.2) is 9.18 Å². The maximum Gasteiger partial charge on any atom is 0.410 e. The van der Waals surface area contributed by atoms with Gasteiger partial charge in [0.05, 0.1) is 33.2 Å². The van der Waals surface area contributed by atoms with E-state index >= 15 is 0 Å². The van der Waals surface area contributed by atoms with Crippen molar-refractivity contribution < 1.29 is 28.2 Å². The maximum atomic E-state index is 14.7.